The first-order chi connectivity index (χ1) is 9.86. The fourth-order valence-electron chi connectivity index (χ4n) is 1.96. The third-order valence-electron chi connectivity index (χ3n) is 3.11. The molecule has 1 aliphatic rings. The van der Waals surface area contributed by atoms with E-state index in [1.165, 1.54) is 22.7 Å². The van der Waals surface area contributed by atoms with Crippen LogP contribution in [0.2, 0.25) is 10.3 Å². The number of hydrogen-bond donors (Lipinski definition) is 0. The number of thioether (sulfide) groups is 1. The van der Waals surface area contributed by atoms with E-state index in [2.05, 4.69) is 10.2 Å². The molecule has 2 heterocycles. The lowest BCUT2D eigenvalue weighted by Crippen LogP contribution is -2.50. The van der Waals surface area contributed by atoms with Crippen molar-refractivity contribution >= 4 is 50.7 Å². The molecule has 1 amide bonds. The second-order valence-corrected chi connectivity index (χ2v) is 8.69. The van der Waals surface area contributed by atoms with Gasteiger partial charge in [0.15, 0.2) is 20.1 Å². The van der Waals surface area contributed by atoms with Crippen molar-refractivity contribution in [2.45, 2.75) is 12.3 Å². The molecule has 0 aromatic carbocycles. The normalized spacial score (nSPS) is 19.6. The Bertz CT molecular complexity index is 654. The van der Waals surface area contributed by atoms with Crippen LogP contribution in [0.4, 0.5) is 0 Å². The van der Waals surface area contributed by atoms with Gasteiger partial charge < -0.3 is 4.90 Å². The topological polar surface area (TPSA) is 80.2 Å². The fourth-order valence-corrected chi connectivity index (χ4v) is 5.25. The highest BCUT2D eigenvalue weighted by Crippen LogP contribution is 2.25. The quantitative estimate of drug-likeness (QED) is 0.806. The molecular formula is C11H13Cl2N3O3S2. The predicted molar refractivity (Wildman–Crippen MR) is 83.7 cm³/mol. The lowest BCUT2D eigenvalue weighted by molar-refractivity contribution is 0.0749. The number of halogens is 2. The maximum Gasteiger partial charge on any atom is 0.258 e. The zero-order chi connectivity index (χ0) is 15.6. The number of aromatic nitrogens is 2. The summed E-state index contributed by atoms with van der Waals surface area (Å²) in [6.07, 6.45) is 0. The highest BCUT2D eigenvalue weighted by molar-refractivity contribution is 8.01. The van der Waals surface area contributed by atoms with Crippen LogP contribution >= 0.6 is 35.0 Å². The summed E-state index contributed by atoms with van der Waals surface area (Å²) in [5.74, 6) is 0.515. The van der Waals surface area contributed by atoms with Crippen molar-refractivity contribution in [2.75, 3.05) is 23.8 Å². The Morgan fingerprint density at radius 1 is 1.48 bits per heavy atom. The minimum absolute atomic E-state index is 0.0227. The van der Waals surface area contributed by atoms with E-state index in [0.717, 1.165) is 0 Å². The summed E-state index contributed by atoms with van der Waals surface area (Å²) in [6.45, 7) is 1.90. The maximum absolute atomic E-state index is 12.6. The molecule has 1 fully saturated rings. The number of sulfone groups is 1. The van der Waals surface area contributed by atoms with E-state index < -0.39 is 21.1 Å². The van der Waals surface area contributed by atoms with Gasteiger partial charge in [0, 0.05) is 23.8 Å². The Morgan fingerprint density at radius 3 is 2.86 bits per heavy atom. The molecule has 1 atom stereocenters. The lowest BCUT2D eigenvalue weighted by atomic mass is 10.2. The standard InChI is InChI=1S/C11H13Cl2N3O3S2/c1-2-21(18,19)9-6-20-4-3-16(9)11(17)7-5-8(12)14-15-10(7)13/h5,9H,2-4,6H2,1H3. The summed E-state index contributed by atoms with van der Waals surface area (Å²) in [5.41, 5.74) is 0.0693. The molecule has 2 rings (SSSR count). The highest BCUT2D eigenvalue weighted by Gasteiger charge is 2.37. The van der Waals surface area contributed by atoms with Crippen molar-refractivity contribution in [3.05, 3.63) is 21.9 Å². The van der Waals surface area contributed by atoms with E-state index in [1.54, 1.807) is 6.92 Å². The molecule has 1 aromatic rings. The summed E-state index contributed by atoms with van der Waals surface area (Å²) in [4.78, 5) is 13.9. The van der Waals surface area contributed by atoms with E-state index >= 15 is 0 Å². The minimum atomic E-state index is -3.37. The van der Waals surface area contributed by atoms with Crippen LogP contribution in [0.3, 0.4) is 0 Å². The van der Waals surface area contributed by atoms with Crippen LogP contribution in [0.1, 0.15) is 17.3 Å². The van der Waals surface area contributed by atoms with Crippen molar-refractivity contribution in [2.24, 2.45) is 0 Å². The summed E-state index contributed by atoms with van der Waals surface area (Å²) in [5, 5.41) is 6.22. The monoisotopic (exact) mass is 369 g/mol. The molecule has 21 heavy (non-hydrogen) atoms. The summed E-state index contributed by atoms with van der Waals surface area (Å²) in [7, 11) is -3.37. The molecule has 1 aliphatic heterocycles. The molecule has 0 spiro atoms. The van der Waals surface area contributed by atoms with Gasteiger partial charge in [0.1, 0.15) is 5.37 Å². The van der Waals surface area contributed by atoms with Gasteiger partial charge in [-0.1, -0.05) is 30.1 Å². The van der Waals surface area contributed by atoms with Crippen LogP contribution in [0.5, 0.6) is 0 Å². The summed E-state index contributed by atoms with van der Waals surface area (Å²) in [6, 6.07) is 1.30. The summed E-state index contributed by atoms with van der Waals surface area (Å²) >= 11 is 13.1. The zero-order valence-electron chi connectivity index (χ0n) is 11.1. The molecule has 0 N–H and O–H groups in total. The number of amides is 1. The molecule has 0 radical (unpaired) electrons. The van der Waals surface area contributed by atoms with Gasteiger partial charge in [0.2, 0.25) is 0 Å². The van der Waals surface area contributed by atoms with Crippen LogP contribution < -0.4 is 0 Å². The zero-order valence-corrected chi connectivity index (χ0v) is 14.3. The maximum atomic E-state index is 12.6. The van der Waals surface area contributed by atoms with Crippen LogP contribution in [0.15, 0.2) is 6.07 Å². The van der Waals surface area contributed by atoms with Gasteiger partial charge in [0.05, 0.1) is 5.56 Å². The first kappa shape index (κ1) is 16.8. The number of carbonyl (C=O) groups is 1. The number of hydrogen-bond acceptors (Lipinski definition) is 6. The van der Waals surface area contributed by atoms with Gasteiger partial charge in [0.25, 0.3) is 5.91 Å². The van der Waals surface area contributed by atoms with E-state index in [-0.39, 0.29) is 21.6 Å². The smallest absolute Gasteiger partial charge is 0.258 e. The number of carbonyl (C=O) groups excluding carboxylic acids is 1. The van der Waals surface area contributed by atoms with Gasteiger partial charge in [-0.15, -0.1) is 10.2 Å². The molecule has 10 heteroatoms. The van der Waals surface area contributed by atoms with Crippen molar-refractivity contribution in [3.63, 3.8) is 0 Å². The lowest BCUT2D eigenvalue weighted by Gasteiger charge is -2.34. The Kier molecular flexibility index (Phi) is 5.34. The van der Waals surface area contributed by atoms with Crippen molar-refractivity contribution in [1.29, 1.82) is 0 Å². The van der Waals surface area contributed by atoms with Crippen LogP contribution in [-0.2, 0) is 9.84 Å². The van der Waals surface area contributed by atoms with Gasteiger partial charge in [-0.25, -0.2) is 8.42 Å². The molecule has 0 bridgehead atoms. The molecule has 0 aliphatic carbocycles. The highest BCUT2D eigenvalue weighted by atomic mass is 35.5. The SMILES string of the molecule is CCS(=O)(=O)C1CSCCN1C(=O)c1cc(Cl)nnc1Cl. The van der Waals surface area contributed by atoms with Gasteiger partial charge in [-0.2, -0.15) is 11.8 Å². The Balaban J connectivity index is 2.37. The van der Waals surface area contributed by atoms with Crippen molar-refractivity contribution in [1.82, 2.24) is 15.1 Å². The molecule has 1 aromatic heterocycles. The molecule has 0 saturated carbocycles. The van der Waals surface area contributed by atoms with E-state index in [0.29, 0.717) is 18.1 Å². The number of rotatable bonds is 3. The molecule has 6 nitrogen and oxygen atoms in total. The third kappa shape index (κ3) is 3.61. The Morgan fingerprint density at radius 2 is 2.19 bits per heavy atom. The van der Waals surface area contributed by atoms with Crippen molar-refractivity contribution in [3.8, 4) is 0 Å². The molecule has 1 unspecified atom stereocenters. The van der Waals surface area contributed by atoms with Crippen LogP contribution in [-0.4, -0.2) is 58.6 Å². The second kappa shape index (κ2) is 6.68. The molecular weight excluding hydrogens is 357 g/mol. The molecule has 116 valence electrons. The van der Waals surface area contributed by atoms with Gasteiger partial charge >= 0.3 is 0 Å². The first-order valence-corrected chi connectivity index (χ1v) is 9.78. The largest absolute Gasteiger partial charge is 0.320 e. The van der Waals surface area contributed by atoms with E-state index in [9.17, 15) is 13.2 Å². The van der Waals surface area contributed by atoms with Crippen molar-refractivity contribution < 1.29 is 13.2 Å². The average Bonchev–Trinajstić information content (AvgIpc) is 2.49. The van der Waals surface area contributed by atoms with Gasteiger partial charge in [-0.05, 0) is 6.07 Å². The van der Waals surface area contributed by atoms with Crippen LogP contribution in [0, 0.1) is 0 Å². The average molecular weight is 370 g/mol. The van der Waals surface area contributed by atoms with E-state index in [1.807, 2.05) is 0 Å². The fraction of sp³-hybridized carbons (Fsp3) is 0.545. The summed E-state index contributed by atoms with van der Waals surface area (Å²) < 4.78 is 24.3. The minimum Gasteiger partial charge on any atom is -0.320 e. The predicted octanol–water partition coefficient (Wildman–Crippen LogP) is 1.73. The second-order valence-electron chi connectivity index (χ2n) is 4.35. The Hall–Kier alpha value is -0.570. The Labute approximate surface area is 137 Å². The third-order valence-corrected chi connectivity index (χ3v) is 6.86. The van der Waals surface area contributed by atoms with Crippen LogP contribution in [0.25, 0.3) is 0 Å². The number of nitrogens with zero attached hydrogens (tertiary/aromatic N) is 3. The molecule has 1 saturated heterocycles. The van der Waals surface area contributed by atoms with E-state index in [4.69, 9.17) is 23.2 Å². The van der Waals surface area contributed by atoms with Gasteiger partial charge in [-0.3, -0.25) is 4.79 Å². The first-order valence-electron chi connectivity index (χ1n) is 6.16.